The molecule has 1 saturated carbocycles. The van der Waals surface area contributed by atoms with Crippen molar-refractivity contribution in [3.8, 4) is 5.69 Å². The van der Waals surface area contributed by atoms with Crippen LogP contribution < -0.4 is 0 Å². The van der Waals surface area contributed by atoms with Gasteiger partial charge in [0.2, 0.25) is 0 Å². The number of hydrogen-bond donors (Lipinski definition) is 0. The molecule has 1 aliphatic rings. The maximum atomic E-state index is 4.22. The molecule has 1 aliphatic carbocycles. The molecule has 0 aliphatic heterocycles. The molecule has 1 aromatic heterocycles. The Balaban J connectivity index is 1.66. The van der Waals surface area contributed by atoms with Gasteiger partial charge in [0.05, 0.1) is 12.2 Å². The molecule has 1 aromatic carbocycles. The Morgan fingerprint density at radius 2 is 1.86 bits per heavy atom. The second kappa shape index (κ2) is 7.01. The summed E-state index contributed by atoms with van der Waals surface area (Å²) in [5.74, 6) is 1.84. The van der Waals surface area contributed by atoms with Gasteiger partial charge in [0.1, 0.15) is 0 Å². The molecular weight excluding hydrogens is 274 g/mol. The lowest BCUT2D eigenvalue weighted by molar-refractivity contribution is 0.153. The Morgan fingerprint density at radius 1 is 1.14 bits per heavy atom. The molecule has 22 heavy (non-hydrogen) atoms. The van der Waals surface area contributed by atoms with Gasteiger partial charge in [0.15, 0.2) is 5.82 Å². The fourth-order valence-corrected chi connectivity index (χ4v) is 3.42. The lowest BCUT2D eigenvalue weighted by Gasteiger charge is -2.34. The standard InChI is InChI=1S/C17H25N5/c1-3-14-9-11-15(12-10-14)21(2)13-17-18-19-20-22(17)16-7-5-4-6-8-16/h4-8,14-15H,3,9-13H2,1-2H3. The number of tetrazole rings is 1. The lowest BCUT2D eigenvalue weighted by Crippen LogP contribution is -2.35. The second-order valence-corrected chi connectivity index (χ2v) is 6.34. The highest BCUT2D eigenvalue weighted by Crippen LogP contribution is 2.29. The maximum Gasteiger partial charge on any atom is 0.170 e. The summed E-state index contributed by atoms with van der Waals surface area (Å²) in [5.41, 5.74) is 1.02. The van der Waals surface area contributed by atoms with Crippen molar-refractivity contribution in [2.24, 2.45) is 5.92 Å². The first-order chi connectivity index (χ1) is 10.8. The molecule has 0 unspecified atom stereocenters. The predicted octanol–water partition coefficient (Wildman–Crippen LogP) is 3.06. The molecule has 3 rings (SSSR count). The summed E-state index contributed by atoms with van der Waals surface area (Å²) in [7, 11) is 2.20. The van der Waals surface area contributed by atoms with E-state index in [9.17, 15) is 0 Å². The average molecular weight is 299 g/mol. The summed E-state index contributed by atoms with van der Waals surface area (Å²) >= 11 is 0. The Bertz CT molecular complexity index is 572. The first-order valence-corrected chi connectivity index (χ1v) is 8.31. The van der Waals surface area contributed by atoms with Crippen LogP contribution in [0.2, 0.25) is 0 Å². The van der Waals surface area contributed by atoms with E-state index in [4.69, 9.17) is 0 Å². The van der Waals surface area contributed by atoms with E-state index in [1.165, 1.54) is 32.1 Å². The fraction of sp³-hybridized carbons (Fsp3) is 0.588. The highest BCUT2D eigenvalue weighted by atomic mass is 15.5. The van der Waals surface area contributed by atoms with Gasteiger partial charge in [-0.25, -0.2) is 0 Å². The topological polar surface area (TPSA) is 46.8 Å². The number of aromatic nitrogens is 4. The minimum atomic E-state index is 0.656. The van der Waals surface area contributed by atoms with Crippen LogP contribution in [0, 0.1) is 5.92 Å². The van der Waals surface area contributed by atoms with E-state index in [0.717, 1.165) is 24.0 Å². The first-order valence-electron chi connectivity index (χ1n) is 8.31. The zero-order chi connectivity index (χ0) is 15.4. The van der Waals surface area contributed by atoms with E-state index < -0.39 is 0 Å². The van der Waals surface area contributed by atoms with Crippen molar-refractivity contribution in [2.75, 3.05) is 7.05 Å². The largest absolute Gasteiger partial charge is 0.296 e. The lowest BCUT2D eigenvalue weighted by atomic mass is 9.84. The van der Waals surface area contributed by atoms with Gasteiger partial charge >= 0.3 is 0 Å². The van der Waals surface area contributed by atoms with Crippen LogP contribution >= 0.6 is 0 Å². The van der Waals surface area contributed by atoms with E-state index in [1.54, 1.807) is 0 Å². The molecule has 0 N–H and O–H groups in total. The van der Waals surface area contributed by atoms with Gasteiger partial charge in [-0.15, -0.1) is 5.10 Å². The quantitative estimate of drug-likeness (QED) is 0.851. The molecule has 1 fully saturated rings. The van der Waals surface area contributed by atoms with Gasteiger partial charge in [-0.2, -0.15) is 4.68 Å². The van der Waals surface area contributed by atoms with Crippen molar-refractivity contribution < 1.29 is 0 Å². The number of benzene rings is 1. The van der Waals surface area contributed by atoms with Crippen LogP contribution in [-0.2, 0) is 6.54 Å². The van der Waals surface area contributed by atoms with Crippen molar-refractivity contribution in [1.82, 2.24) is 25.1 Å². The van der Waals surface area contributed by atoms with Crippen LogP contribution in [-0.4, -0.2) is 38.2 Å². The van der Waals surface area contributed by atoms with E-state index in [0.29, 0.717) is 6.04 Å². The molecule has 1 heterocycles. The first kappa shape index (κ1) is 15.2. The Kier molecular flexibility index (Phi) is 4.83. The number of para-hydroxylation sites is 1. The number of nitrogens with zero attached hydrogens (tertiary/aromatic N) is 5. The Hall–Kier alpha value is -1.75. The SMILES string of the molecule is CCC1CCC(N(C)Cc2nnnn2-c2ccccc2)CC1. The molecule has 2 aromatic rings. The zero-order valence-electron chi connectivity index (χ0n) is 13.5. The summed E-state index contributed by atoms with van der Waals surface area (Å²) < 4.78 is 1.84. The summed E-state index contributed by atoms with van der Waals surface area (Å²) in [5, 5.41) is 12.2. The summed E-state index contributed by atoms with van der Waals surface area (Å²) in [6.07, 6.45) is 6.62. The third-order valence-corrected chi connectivity index (χ3v) is 4.94. The fourth-order valence-electron chi connectivity index (χ4n) is 3.42. The van der Waals surface area contributed by atoms with Crippen LogP contribution in [0.15, 0.2) is 30.3 Å². The molecule has 5 nitrogen and oxygen atoms in total. The number of hydrogen-bond acceptors (Lipinski definition) is 4. The van der Waals surface area contributed by atoms with Crippen LogP contribution in [0.4, 0.5) is 0 Å². The monoisotopic (exact) mass is 299 g/mol. The molecule has 0 amide bonds. The van der Waals surface area contributed by atoms with Gasteiger partial charge in [-0.3, -0.25) is 4.90 Å². The van der Waals surface area contributed by atoms with E-state index >= 15 is 0 Å². The van der Waals surface area contributed by atoms with Gasteiger partial charge in [0, 0.05) is 6.04 Å². The highest BCUT2D eigenvalue weighted by Gasteiger charge is 2.24. The van der Waals surface area contributed by atoms with E-state index in [-0.39, 0.29) is 0 Å². The van der Waals surface area contributed by atoms with Crippen LogP contribution in [0.1, 0.15) is 44.9 Å². The Morgan fingerprint density at radius 3 is 2.55 bits per heavy atom. The van der Waals surface area contributed by atoms with Crippen molar-refractivity contribution in [2.45, 2.75) is 51.6 Å². The van der Waals surface area contributed by atoms with Crippen molar-refractivity contribution in [3.63, 3.8) is 0 Å². The summed E-state index contributed by atoms with van der Waals surface area (Å²) in [6, 6.07) is 10.8. The van der Waals surface area contributed by atoms with Crippen LogP contribution in [0.25, 0.3) is 5.69 Å². The molecule has 0 spiro atoms. The van der Waals surface area contributed by atoms with Crippen LogP contribution in [0.5, 0.6) is 0 Å². The van der Waals surface area contributed by atoms with Crippen molar-refractivity contribution in [3.05, 3.63) is 36.2 Å². The summed E-state index contributed by atoms with van der Waals surface area (Å²) in [4.78, 5) is 2.41. The predicted molar refractivity (Wildman–Crippen MR) is 86.7 cm³/mol. The number of rotatable bonds is 5. The van der Waals surface area contributed by atoms with Gasteiger partial charge in [-0.05, 0) is 61.2 Å². The van der Waals surface area contributed by atoms with Crippen LogP contribution in [0.3, 0.4) is 0 Å². The van der Waals surface area contributed by atoms with Gasteiger partial charge in [0.25, 0.3) is 0 Å². The molecule has 0 saturated heterocycles. The smallest absolute Gasteiger partial charge is 0.170 e. The van der Waals surface area contributed by atoms with Crippen molar-refractivity contribution in [1.29, 1.82) is 0 Å². The minimum Gasteiger partial charge on any atom is -0.296 e. The van der Waals surface area contributed by atoms with Gasteiger partial charge < -0.3 is 0 Å². The average Bonchev–Trinajstić information content (AvgIpc) is 3.04. The second-order valence-electron chi connectivity index (χ2n) is 6.34. The minimum absolute atomic E-state index is 0.656. The third-order valence-electron chi connectivity index (χ3n) is 4.94. The van der Waals surface area contributed by atoms with Gasteiger partial charge in [-0.1, -0.05) is 31.5 Å². The van der Waals surface area contributed by atoms with E-state index in [2.05, 4.69) is 34.4 Å². The normalized spacial score (nSPS) is 22.1. The molecule has 118 valence electrons. The third kappa shape index (κ3) is 3.35. The maximum absolute atomic E-state index is 4.22. The zero-order valence-corrected chi connectivity index (χ0v) is 13.5. The van der Waals surface area contributed by atoms with Crippen molar-refractivity contribution >= 4 is 0 Å². The molecular formula is C17H25N5. The molecule has 0 atom stereocenters. The van der Waals surface area contributed by atoms with E-state index in [1.807, 2.05) is 35.0 Å². The Labute approximate surface area is 132 Å². The molecule has 0 radical (unpaired) electrons. The molecule has 5 heteroatoms. The molecule has 0 bridgehead atoms. The highest BCUT2D eigenvalue weighted by molar-refractivity contribution is 5.30. The summed E-state index contributed by atoms with van der Waals surface area (Å²) in [6.45, 7) is 3.10.